The van der Waals surface area contributed by atoms with Crippen molar-refractivity contribution in [1.82, 2.24) is 0 Å². The lowest BCUT2D eigenvalue weighted by molar-refractivity contribution is 0.179. The first-order chi connectivity index (χ1) is 31.3. The molecule has 0 aliphatic carbocycles. The molecule has 2 heterocycles. The minimum Gasteiger partial charge on any atom is -0.426 e. The molecule has 0 saturated carbocycles. The maximum Gasteiger partial charge on any atom is 0.453 e. The highest BCUT2D eigenvalue weighted by Crippen LogP contribution is 2.56. The van der Waals surface area contributed by atoms with Crippen LogP contribution in [0.1, 0.15) is 230 Å². The van der Waals surface area contributed by atoms with E-state index in [4.69, 9.17) is 26.5 Å². The Morgan fingerprint density at radius 2 is 0.652 bits per heavy atom. The van der Waals surface area contributed by atoms with Crippen molar-refractivity contribution >= 4 is 38.8 Å². The molecule has 69 heavy (non-hydrogen) atoms. The topological polar surface area (TPSA) is 63.2 Å². The maximum absolute atomic E-state index is 7.73. The van der Waals surface area contributed by atoms with Crippen molar-refractivity contribution < 1.29 is 26.5 Å². The van der Waals surface area contributed by atoms with Gasteiger partial charge in [0.15, 0.2) is 0 Å². The Morgan fingerprint density at radius 3 is 0.971 bits per heavy atom. The van der Waals surface area contributed by atoms with Crippen molar-refractivity contribution in [1.29, 1.82) is 0 Å². The fourth-order valence-corrected chi connectivity index (χ4v) is 11.0. The second-order valence-electron chi connectivity index (χ2n) is 28.1. The molecular weight excluding hydrogens is 891 g/mol. The summed E-state index contributed by atoms with van der Waals surface area (Å²) in [7, 11) is -3.82. The van der Waals surface area contributed by atoms with Gasteiger partial charge in [-0.2, -0.15) is 0 Å². The van der Waals surface area contributed by atoms with Gasteiger partial charge in [-0.3, -0.25) is 0 Å². The Morgan fingerprint density at radius 1 is 0.348 bits per heavy atom. The Bertz CT molecular complexity index is 2620. The van der Waals surface area contributed by atoms with Crippen LogP contribution in [0, 0.1) is 0 Å². The summed E-state index contributed by atoms with van der Waals surface area (Å²) in [5.41, 5.74) is 11.0. The Balaban J connectivity index is 1.87. The molecule has 5 aromatic rings. The van der Waals surface area contributed by atoms with Crippen LogP contribution in [-0.2, 0) is 52.4 Å². The maximum atomic E-state index is 7.73. The summed E-state index contributed by atoms with van der Waals surface area (Å²) in [5, 5.41) is 2.08. The average Bonchev–Trinajstić information content (AvgIpc) is 3.31. The molecule has 0 N–H and O–H groups in total. The van der Waals surface area contributed by atoms with E-state index in [-0.39, 0.29) is 43.3 Å². The van der Waals surface area contributed by atoms with Gasteiger partial charge in [0.2, 0.25) is 0 Å². The fraction of sp³-hybridized carbons (Fsp3) is 0.607. The molecule has 1 saturated heterocycles. The van der Waals surface area contributed by atoms with Crippen LogP contribution in [0.3, 0.4) is 0 Å². The van der Waals surface area contributed by atoms with Gasteiger partial charge in [-0.15, -0.1) is 0 Å². The normalized spacial score (nSPS) is 15.7. The van der Waals surface area contributed by atoms with E-state index in [1.165, 1.54) is 22.3 Å². The Kier molecular flexibility index (Phi) is 15.1. The summed E-state index contributed by atoms with van der Waals surface area (Å²) < 4.78 is 42.8. The van der Waals surface area contributed by atoms with E-state index < -0.39 is 16.8 Å². The van der Waals surface area contributed by atoms with Crippen molar-refractivity contribution in [2.24, 2.45) is 0 Å². The molecule has 1 aliphatic rings. The molecule has 6 nitrogen and oxygen atoms in total. The highest BCUT2D eigenvalue weighted by Gasteiger charge is 2.36. The van der Waals surface area contributed by atoms with Gasteiger partial charge in [0, 0.05) is 44.2 Å². The lowest BCUT2D eigenvalue weighted by Gasteiger charge is -2.33. The Hall–Kier alpha value is -3.27. The minimum atomic E-state index is -2.14. The second-order valence-corrected chi connectivity index (χ2v) is 30.3. The fourth-order valence-electron chi connectivity index (χ4n) is 8.77. The molecule has 1 aliphatic heterocycles. The number of hydrogen-bond acceptors (Lipinski definition) is 6. The number of hydrogen-bond donors (Lipinski definition) is 0. The average molecular weight is 981 g/mol. The molecule has 380 valence electrons. The smallest absolute Gasteiger partial charge is 0.426 e. The predicted octanol–water partition coefficient (Wildman–Crippen LogP) is 20.0. The summed E-state index contributed by atoms with van der Waals surface area (Å²) in [6.07, 6.45) is 3.03. The number of rotatable bonds is 5. The third kappa shape index (κ3) is 12.5. The molecule has 0 unspecified atom stereocenters. The second kappa shape index (κ2) is 19.0. The molecule has 4 aromatic carbocycles. The van der Waals surface area contributed by atoms with E-state index in [1.54, 1.807) is 0 Å². The number of fused-ring (bicyclic) bond motifs is 3. The zero-order valence-corrected chi connectivity index (χ0v) is 49.3. The van der Waals surface area contributed by atoms with Crippen LogP contribution >= 0.6 is 16.8 Å². The zero-order chi connectivity index (χ0) is 51.8. The van der Waals surface area contributed by atoms with E-state index >= 15 is 0 Å². The van der Waals surface area contributed by atoms with Gasteiger partial charge >= 0.3 is 16.8 Å². The summed E-state index contributed by atoms with van der Waals surface area (Å²) in [6.45, 7) is 56.0. The highest BCUT2D eigenvalue weighted by molar-refractivity contribution is 7.42. The van der Waals surface area contributed by atoms with Crippen LogP contribution in [0.15, 0.2) is 56.9 Å². The predicted molar refractivity (Wildman–Crippen MR) is 297 cm³/mol. The van der Waals surface area contributed by atoms with Crippen molar-refractivity contribution in [3.63, 3.8) is 0 Å². The zero-order valence-electron chi connectivity index (χ0n) is 47.5. The van der Waals surface area contributed by atoms with Crippen LogP contribution in [0.25, 0.3) is 33.1 Å². The van der Waals surface area contributed by atoms with E-state index in [0.717, 1.165) is 86.1 Å². The van der Waals surface area contributed by atoms with E-state index in [2.05, 4.69) is 215 Å². The third-order valence-electron chi connectivity index (χ3n) is 13.5. The molecule has 1 aromatic heterocycles. The van der Waals surface area contributed by atoms with Gasteiger partial charge in [0.05, 0.1) is 13.2 Å². The first kappa shape index (κ1) is 55.1. The lowest BCUT2D eigenvalue weighted by atomic mass is 9.75. The van der Waals surface area contributed by atoms with Crippen LogP contribution in [0.5, 0.6) is 11.5 Å². The van der Waals surface area contributed by atoms with Gasteiger partial charge in [0.1, 0.15) is 22.7 Å². The van der Waals surface area contributed by atoms with Gasteiger partial charge in [-0.25, -0.2) is 0 Å². The van der Waals surface area contributed by atoms with Gasteiger partial charge < -0.3 is 26.5 Å². The summed E-state index contributed by atoms with van der Waals surface area (Å²) in [4.78, 5) is 0. The third-order valence-corrected chi connectivity index (χ3v) is 15.6. The molecular formula is C61H90O6P2. The monoisotopic (exact) mass is 981 g/mol. The Labute approximate surface area is 421 Å². The molecule has 1 fully saturated rings. The highest BCUT2D eigenvalue weighted by atomic mass is 31.2. The molecule has 6 rings (SSSR count). The summed E-state index contributed by atoms with van der Waals surface area (Å²) in [5.74, 6) is 1.49. The van der Waals surface area contributed by atoms with Crippen LogP contribution < -0.4 is 9.05 Å². The van der Waals surface area contributed by atoms with Gasteiger partial charge in [0.25, 0.3) is 0 Å². The van der Waals surface area contributed by atoms with Crippen LogP contribution in [0.4, 0.5) is 0 Å². The first-order valence-corrected chi connectivity index (χ1v) is 27.8. The van der Waals surface area contributed by atoms with Crippen molar-refractivity contribution in [3.05, 3.63) is 93.0 Å². The molecule has 0 atom stereocenters. The van der Waals surface area contributed by atoms with E-state index in [9.17, 15) is 0 Å². The first-order valence-electron chi connectivity index (χ1n) is 25.6. The molecule has 0 spiro atoms. The van der Waals surface area contributed by atoms with Crippen molar-refractivity contribution in [2.75, 3.05) is 13.2 Å². The largest absolute Gasteiger partial charge is 0.453 e. The van der Waals surface area contributed by atoms with Crippen molar-refractivity contribution in [3.8, 4) is 22.6 Å². The minimum absolute atomic E-state index is 0.121. The van der Waals surface area contributed by atoms with E-state index in [0.29, 0.717) is 13.2 Å². The van der Waals surface area contributed by atoms with Crippen LogP contribution in [-0.4, -0.2) is 13.2 Å². The lowest BCUT2D eigenvalue weighted by Crippen LogP contribution is -2.20. The SMILES string of the molecule is CC(C)(C)c1cc(-c2cc(C(C)(C)C)cc(C(C)(C)C)c2Op2oc3c(C(C)(C)C)cc(C(C)(C)C)cc3c3cc(C(C)(C)C)cc(C(C)(C)C)c3o2)c(OP2OCCCCCO2)c(C(C)(C)C)c1. The van der Waals surface area contributed by atoms with Gasteiger partial charge in [-0.1, -0.05) is 190 Å². The van der Waals surface area contributed by atoms with E-state index in [1.807, 2.05) is 0 Å². The quantitative estimate of drug-likeness (QED) is 0.164. The number of benzene rings is 4. The summed E-state index contributed by atoms with van der Waals surface area (Å²) >= 11 is 0. The molecule has 0 amide bonds. The van der Waals surface area contributed by atoms with Crippen LogP contribution in [0.2, 0.25) is 0 Å². The van der Waals surface area contributed by atoms with Crippen molar-refractivity contribution in [2.45, 2.75) is 229 Å². The molecule has 8 heteroatoms. The molecule has 0 bridgehead atoms. The summed E-state index contributed by atoms with van der Waals surface area (Å²) in [6, 6.07) is 18.8. The van der Waals surface area contributed by atoms with Gasteiger partial charge in [-0.05, 0) is 109 Å². The standard InChI is InChI=1S/C61H90O6P2/c1-54(2,3)38-30-42(50(46(34-38)58(13,14)15)64-68-62-28-26-25-27-29-63-68)43-31-39(55(4,5)6)35-47(59(16,17)18)51(43)65-69-66-52-44(32-40(56(7,8)9)36-48(52)60(19,20)21)45-33-41(57(10,11)12)37-49(53(45)67-69)61(22,23)24/h30-37H,25-29H2,1-24H3. The molecule has 0 radical (unpaired) electrons.